The van der Waals surface area contributed by atoms with Crippen LogP contribution in [-0.4, -0.2) is 29.5 Å². The number of thiazole rings is 1. The summed E-state index contributed by atoms with van der Waals surface area (Å²) >= 11 is 2.23. The Morgan fingerprint density at radius 1 is 1.40 bits per heavy atom. The van der Waals surface area contributed by atoms with Crippen LogP contribution in [0.3, 0.4) is 0 Å². The maximum atomic E-state index is 12.0. The molecule has 0 saturated carbocycles. The van der Waals surface area contributed by atoms with E-state index in [4.69, 9.17) is 0 Å². The highest BCUT2D eigenvalue weighted by molar-refractivity contribution is 7.91. The highest BCUT2D eigenvalue weighted by Crippen LogP contribution is 2.20. The van der Waals surface area contributed by atoms with Crippen LogP contribution in [0.1, 0.15) is 17.6 Å². The molecule has 0 atom stereocenters. The van der Waals surface area contributed by atoms with Crippen LogP contribution in [0, 0.1) is 6.92 Å². The Hall–Kier alpha value is -1.43. The molecule has 0 radical (unpaired) electrons. The molecule has 2 aromatic rings. The molecule has 20 heavy (non-hydrogen) atoms. The third kappa shape index (κ3) is 3.79. The lowest BCUT2D eigenvalue weighted by Gasteiger charge is -2.00. The lowest BCUT2D eigenvalue weighted by Crippen LogP contribution is -2.23. The van der Waals surface area contributed by atoms with E-state index in [-0.39, 0.29) is 21.9 Å². The van der Waals surface area contributed by atoms with Gasteiger partial charge in [0.25, 0.3) is 10.0 Å². The average Bonchev–Trinajstić information content (AvgIpc) is 2.95. The Bertz CT molecular complexity index is 721. The van der Waals surface area contributed by atoms with Crippen LogP contribution >= 0.6 is 22.7 Å². The van der Waals surface area contributed by atoms with Gasteiger partial charge in [-0.15, -0.1) is 21.5 Å². The number of aromatic nitrogens is 3. The molecule has 0 aliphatic heterocycles. The molecule has 0 aliphatic rings. The molecule has 0 aliphatic carbocycles. The fraction of sp³-hybridized carbons (Fsp3) is 0.333. The van der Waals surface area contributed by atoms with Crippen molar-refractivity contribution in [1.82, 2.24) is 19.9 Å². The first-order chi connectivity index (χ1) is 9.37. The second-order valence-electron chi connectivity index (χ2n) is 3.74. The number of carbonyl (C=O) groups is 1. The van der Waals surface area contributed by atoms with Crippen molar-refractivity contribution in [3.05, 3.63) is 16.1 Å². The first-order valence-corrected chi connectivity index (χ1v) is 8.56. The number of hydrogen-bond donors (Lipinski definition) is 2. The zero-order chi connectivity index (χ0) is 14.8. The number of anilines is 1. The van der Waals surface area contributed by atoms with Gasteiger partial charge in [0, 0.05) is 12.3 Å². The summed E-state index contributed by atoms with van der Waals surface area (Å²) in [6.07, 6.45) is 0. The third-order valence-corrected chi connectivity index (χ3v) is 5.46. The van der Waals surface area contributed by atoms with Crippen molar-refractivity contribution in [1.29, 1.82) is 0 Å². The van der Waals surface area contributed by atoms with E-state index in [9.17, 15) is 13.2 Å². The minimum Gasteiger partial charge on any atom is -0.301 e. The number of carbonyl (C=O) groups excluding carboxylic acids is 1. The van der Waals surface area contributed by atoms with Gasteiger partial charge in [0.2, 0.25) is 15.4 Å². The monoisotopic (exact) mass is 333 g/mol. The molecule has 2 heterocycles. The largest absolute Gasteiger partial charge is 0.301 e. The van der Waals surface area contributed by atoms with Crippen molar-refractivity contribution in [2.45, 2.75) is 24.7 Å². The van der Waals surface area contributed by atoms with Crippen LogP contribution in [0.25, 0.3) is 0 Å². The van der Waals surface area contributed by atoms with E-state index < -0.39 is 10.0 Å². The van der Waals surface area contributed by atoms with Gasteiger partial charge in [0.05, 0.1) is 17.2 Å². The number of hydrogen-bond acceptors (Lipinski definition) is 8. The Balaban J connectivity index is 2.06. The third-order valence-electron chi connectivity index (χ3n) is 2.03. The van der Waals surface area contributed by atoms with E-state index in [1.165, 1.54) is 18.3 Å². The van der Waals surface area contributed by atoms with Crippen LogP contribution in [0.2, 0.25) is 0 Å². The van der Waals surface area contributed by atoms with Gasteiger partial charge in [-0.1, -0.05) is 11.3 Å². The standard InChI is InChI=1S/C9H11N5O3S3/c1-5(15)11-8-13-14-9(19-8)20(16,17)10-3-7-4-18-6(2)12-7/h4,10H,3H2,1-2H3,(H,11,13,15). The quantitative estimate of drug-likeness (QED) is 0.780. The normalized spacial score (nSPS) is 11.5. The Morgan fingerprint density at radius 2 is 2.15 bits per heavy atom. The average molecular weight is 333 g/mol. The molecular formula is C9H11N5O3S3. The van der Waals surface area contributed by atoms with Crippen molar-refractivity contribution in [2.75, 3.05) is 5.32 Å². The van der Waals surface area contributed by atoms with Crippen molar-refractivity contribution in [3.8, 4) is 0 Å². The Morgan fingerprint density at radius 3 is 2.75 bits per heavy atom. The zero-order valence-corrected chi connectivity index (χ0v) is 13.0. The summed E-state index contributed by atoms with van der Waals surface area (Å²) in [7, 11) is -3.76. The van der Waals surface area contributed by atoms with Gasteiger partial charge in [-0.05, 0) is 6.92 Å². The molecule has 2 N–H and O–H groups in total. The summed E-state index contributed by atoms with van der Waals surface area (Å²) in [4.78, 5) is 15.0. The molecule has 108 valence electrons. The van der Waals surface area contributed by atoms with E-state index in [1.54, 1.807) is 5.38 Å². The number of nitrogens with zero attached hydrogens (tertiary/aromatic N) is 3. The SMILES string of the molecule is CC(=O)Nc1nnc(S(=O)(=O)NCc2csc(C)n2)s1. The van der Waals surface area contributed by atoms with Crippen molar-refractivity contribution in [3.63, 3.8) is 0 Å². The molecule has 8 nitrogen and oxygen atoms in total. The number of rotatable bonds is 5. The Kier molecular flexibility index (Phi) is 4.42. The number of sulfonamides is 1. The van der Waals surface area contributed by atoms with Crippen LogP contribution in [0.5, 0.6) is 0 Å². The summed E-state index contributed by atoms with van der Waals surface area (Å²) in [5.41, 5.74) is 0.641. The molecule has 2 aromatic heterocycles. The van der Waals surface area contributed by atoms with Gasteiger partial charge in [0.1, 0.15) is 0 Å². The summed E-state index contributed by atoms with van der Waals surface area (Å²) in [6.45, 7) is 3.23. The predicted octanol–water partition coefficient (Wildman–Crippen LogP) is 0.740. The van der Waals surface area contributed by atoms with Gasteiger partial charge in [-0.2, -0.15) is 0 Å². The van der Waals surface area contributed by atoms with E-state index >= 15 is 0 Å². The van der Waals surface area contributed by atoms with Crippen molar-refractivity contribution in [2.24, 2.45) is 0 Å². The molecule has 0 spiro atoms. The maximum absolute atomic E-state index is 12.0. The van der Waals surface area contributed by atoms with Gasteiger partial charge >= 0.3 is 0 Å². The summed E-state index contributed by atoms with van der Waals surface area (Å²) in [5.74, 6) is -0.337. The van der Waals surface area contributed by atoms with E-state index in [1.807, 2.05) is 6.92 Å². The molecule has 1 amide bonds. The minimum atomic E-state index is -3.76. The number of aryl methyl sites for hydroxylation is 1. The molecule has 0 unspecified atom stereocenters. The summed E-state index contributed by atoms with van der Waals surface area (Å²) in [6, 6.07) is 0. The van der Waals surface area contributed by atoms with Gasteiger partial charge in [-0.25, -0.2) is 18.1 Å². The highest BCUT2D eigenvalue weighted by atomic mass is 32.2. The minimum absolute atomic E-state index is 0.0850. The maximum Gasteiger partial charge on any atom is 0.270 e. The van der Waals surface area contributed by atoms with Crippen LogP contribution < -0.4 is 10.0 Å². The van der Waals surface area contributed by atoms with E-state index in [2.05, 4.69) is 25.2 Å². The number of amides is 1. The zero-order valence-electron chi connectivity index (χ0n) is 10.6. The predicted molar refractivity (Wildman–Crippen MR) is 75.1 cm³/mol. The van der Waals surface area contributed by atoms with Crippen LogP contribution in [0.4, 0.5) is 5.13 Å². The smallest absolute Gasteiger partial charge is 0.270 e. The Labute approximate surface area is 123 Å². The second kappa shape index (κ2) is 5.91. The molecule has 0 aromatic carbocycles. The van der Waals surface area contributed by atoms with E-state index in [0.29, 0.717) is 5.69 Å². The highest BCUT2D eigenvalue weighted by Gasteiger charge is 2.20. The lowest BCUT2D eigenvalue weighted by molar-refractivity contribution is -0.114. The van der Waals surface area contributed by atoms with Gasteiger partial charge in [-0.3, -0.25) is 4.79 Å². The number of nitrogens with one attached hydrogen (secondary N) is 2. The van der Waals surface area contributed by atoms with Gasteiger partial charge < -0.3 is 5.32 Å². The molecule has 0 saturated heterocycles. The van der Waals surface area contributed by atoms with Gasteiger partial charge in [0.15, 0.2) is 0 Å². The van der Waals surface area contributed by atoms with Crippen LogP contribution in [-0.2, 0) is 21.4 Å². The molecule has 0 fully saturated rings. The molecule has 11 heteroatoms. The van der Waals surface area contributed by atoms with Crippen molar-refractivity contribution < 1.29 is 13.2 Å². The lowest BCUT2D eigenvalue weighted by atomic mass is 10.5. The summed E-state index contributed by atoms with van der Waals surface area (Å²) < 4.78 is 26.1. The molecule has 0 bridgehead atoms. The molecule has 2 rings (SSSR count). The van der Waals surface area contributed by atoms with E-state index in [0.717, 1.165) is 16.3 Å². The second-order valence-corrected chi connectivity index (χ2v) is 7.72. The summed E-state index contributed by atoms with van der Waals surface area (Å²) in [5, 5.41) is 12.3. The fourth-order valence-corrected chi connectivity index (χ4v) is 3.84. The van der Waals surface area contributed by atoms with Crippen molar-refractivity contribution >= 4 is 43.7 Å². The topological polar surface area (TPSA) is 114 Å². The first-order valence-electron chi connectivity index (χ1n) is 5.38. The van der Waals surface area contributed by atoms with Crippen LogP contribution in [0.15, 0.2) is 9.72 Å². The first kappa shape index (κ1) is 15.0. The fourth-order valence-electron chi connectivity index (χ4n) is 1.24. The molecular weight excluding hydrogens is 322 g/mol.